The van der Waals surface area contributed by atoms with Crippen molar-refractivity contribution in [2.75, 3.05) is 11.6 Å². The van der Waals surface area contributed by atoms with Crippen molar-refractivity contribution in [1.29, 1.82) is 0 Å². The molecule has 0 radical (unpaired) electrons. The molecule has 28 heavy (non-hydrogen) atoms. The van der Waals surface area contributed by atoms with Crippen molar-refractivity contribution >= 4 is 21.4 Å². The van der Waals surface area contributed by atoms with Gasteiger partial charge in [0.05, 0.1) is 4.90 Å². The first-order chi connectivity index (χ1) is 13.2. The number of aromatic nitrogens is 2. The molecule has 1 amide bonds. The quantitative estimate of drug-likeness (QED) is 0.682. The normalized spacial score (nSPS) is 11.4. The van der Waals surface area contributed by atoms with Gasteiger partial charge >= 0.3 is 0 Å². The molecule has 8 heteroatoms. The van der Waals surface area contributed by atoms with Crippen LogP contribution in [0.4, 0.5) is 5.69 Å². The van der Waals surface area contributed by atoms with Crippen LogP contribution >= 0.6 is 0 Å². The van der Waals surface area contributed by atoms with Crippen LogP contribution in [0.15, 0.2) is 51.8 Å². The van der Waals surface area contributed by atoms with Crippen molar-refractivity contribution in [1.82, 2.24) is 10.2 Å². The van der Waals surface area contributed by atoms with E-state index in [1.807, 2.05) is 31.2 Å². The zero-order valence-electron chi connectivity index (χ0n) is 15.9. The van der Waals surface area contributed by atoms with Crippen molar-refractivity contribution in [3.05, 3.63) is 59.5 Å². The van der Waals surface area contributed by atoms with Crippen LogP contribution in [-0.4, -0.2) is 30.8 Å². The van der Waals surface area contributed by atoms with Crippen molar-refractivity contribution < 1.29 is 17.6 Å². The van der Waals surface area contributed by atoms with E-state index in [0.717, 1.165) is 22.9 Å². The molecule has 3 rings (SSSR count). The van der Waals surface area contributed by atoms with Gasteiger partial charge in [-0.05, 0) is 43.7 Å². The van der Waals surface area contributed by atoms with E-state index in [0.29, 0.717) is 17.5 Å². The molecule has 2 aromatic carbocycles. The number of carbonyl (C=O) groups excluding carboxylic acids is 1. The van der Waals surface area contributed by atoms with E-state index < -0.39 is 9.84 Å². The molecule has 0 saturated carbocycles. The molecular weight excluding hydrogens is 378 g/mol. The molecule has 1 heterocycles. The number of hydrogen-bond acceptors (Lipinski definition) is 6. The maximum Gasteiger partial charge on any atom is 0.247 e. The minimum Gasteiger partial charge on any atom is -0.421 e. The van der Waals surface area contributed by atoms with Crippen LogP contribution in [0.5, 0.6) is 0 Å². The molecule has 0 aliphatic carbocycles. The van der Waals surface area contributed by atoms with E-state index in [1.165, 1.54) is 12.1 Å². The van der Waals surface area contributed by atoms with E-state index in [2.05, 4.69) is 15.5 Å². The number of aryl methyl sites for hydroxylation is 3. The number of nitrogens with zero attached hydrogens (tertiary/aromatic N) is 2. The van der Waals surface area contributed by atoms with Crippen LogP contribution in [0, 0.1) is 13.8 Å². The Labute approximate surface area is 163 Å². The monoisotopic (exact) mass is 399 g/mol. The Bertz CT molecular complexity index is 1100. The maximum absolute atomic E-state index is 12.3. The third kappa shape index (κ3) is 4.83. The predicted molar refractivity (Wildman–Crippen MR) is 106 cm³/mol. The minimum atomic E-state index is -3.34. The Morgan fingerprint density at radius 3 is 2.46 bits per heavy atom. The fourth-order valence-electron chi connectivity index (χ4n) is 2.57. The molecule has 1 aromatic heterocycles. The number of amides is 1. The first-order valence-electron chi connectivity index (χ1n) is 8.72. The summed E-state index contributed by atoms with van der Waals surface area (Å²) in [7, 11) is -3.34. The van der Waals surface area contributed by atoms with Gasteiger partial charge in [0, 0.05) is 30.3 Å². The largest absolute Gasteiger partial charge is 0.421 e. The lowest BCUT2D eigenvalue weighted by Gasteiger charge is -2.09. The smallest absolute Gasteiger partial charge is 0.247 e. The Morgan fingerprint density at radius 2 is 1.79 bits per heavy atom. The second-order valence-corrected chi connectivity index (χ2v) is 8.68. The average Bonchev–Trinajstić information content (AvgIpc) is 3.10. The Kier molecular flexibility index (Phi) is 5.60. The van der Waals surface area contributed by atoms with E-state index in [1.54, 1.807) is 13.0 Å². The van der Waals surface area contributed by atoms with Crippen LogP contribution in [0.3, 0.4) is 0 Å². The average molecular weight is 399 g/mol. The molecule has 0 bridgehead atoms. The van der Waals surface area contributed by atoms with Gasteiger partial charge in [-0.3, -0.25) is 4.79 Å². The Balaban J connectivity index is 1.63. The minimum absolute atomic E-state index is 0.137. The number of sulfone groups is 1. The molecule has 0 unspecified atom stereocenters. The van der Waals surface area contributed by atoms with Gasteiger partial charge in [-0.1, -0.05) is 23.8 Å². The highest BCUT2D eigenvalue weighted by Gasteiger charge is 2.13. The SMILES string of the molecule is Cc1ccc(-c2nnc(CCC(=O)Nc3cc(S(C)(=O)=O)ccc3C)o2)cc1. The summed E-state index contributed by atoms with van der Waals surface area (Å²) in [6.07, 6.45) is 1.55. The van der Waals surface area contributed by atoms with Crippen LogP contribution < -0.4 is 5.32 Å². The Morgan fingerprint density at radius 1 is 1.07 bits per heavy atom. The van der Waals surface area contributed by atoms with Gasteiger partial charge in [-0.25, -0.2) is 8.42 Å². The second-order valence-electron chi connectivity index (χ2n) is 6.66. The summed E-state index contributed by atoms with van der Waals surface area (Å²) in [5.41, 5.74) is 3.21. The molecule has 0 atom stereocenters. The third-order valence-electron chi connectivity index (χ3n) is 4.24. The van der Waals surface area contributed by atoms with Gasteiger partial charge in [-0.15, -0.1) is 10.2 Å². The number of benzene rings is 2. The summed E-state index contributed by atoms with van der Waals surface area (Å²) >= 11 is 0. The van der Waals surface area contributed by atoms with Crippen molar-refractivity contribution in [2.45, 2.75) is 31.6 Å². The van der Waals surface area contributed by atoms with Crippen molar-refractivity contribution in [3.8, 4) is 11.5 Å². The van der Waals surface area contributed by atoms with E-state index in [4.69, 9.17) is 4.42 Å². The highest BCUT2D eigenvalue weighted by atomic mass is 32.2. The fraction of sp³-hybridized carbons (Fsp3) is 0.250. The van der Waals surface area contributed by atoms with Gasteiger partial charge in [-0.2, -0.15) is 0 Å². The molecule has 1 N–H and O–H groups in total. The molecule has 7 nitrogen and oxygen atoms in total. The lowest BCUT2D eigenvalue weighted by Crippen LogP contribution is -2.14. The zero-order valence-corrected chi connectivity index (χ0v) is 16.7. The van der Waals surface area contributed by atoms with Crippen molar-refractivity contribution in [2.24, 2.45) is 0 Å². The van der Waals surface area contributed by atoms with E-state index in [9.17, 15) is 13.2 Å². The lowest BCUT2D eigenvalue weighted by molar-refractivity contribution is -0.116. The van der Waals surface area contributed by atoms with Gasteiger partial charge in [0.2, 0.25) is 17.7 Å². The molecule has 0 spiro atoms. The first-order valence-corrected chi connectivity index (χ1v) is 10.6. The zero-order chi connectivity index (χ0) is 20.3. The van der Waals surface area contributed by atoms with Crippen LogP contribution in [0.25, 0.3) is 11.5 Å². The number of hydrogen-bond donors (Lipinski definition) is 1. The molecule has 0 saturated heterocycles. The molecule has 146 valence electrons. The van der Waals surface area contributed by atoms with Gasteiger partial charge < -0.3 is 9.73 Å². The van der Waals surface area contributed by atoms with Crippen LogP contribution in [-0.2, 0) is 21.1 Å². The number of anilines is 1. The fourth-order valence-corrected chi connectivity index (χ4v) is 3.21. The standard InChI is InChI=1S/C20H21N3O4S/c1-13-4-7-15(8-5-13)20-23-22-19(27-20)11-10-18(24)21-17-12-16(28(3,25)26)9-6-14(17)2/h4-9,12H,10-11H2,1-3H3,(H,21,24). The number of carbonyl (C=O) groups is 1. The maximum atomic E-state index is 12.3. The lowest BCUT2D eigenvalue weighted by atomic mass is 10.1. The number of nitrogens with one attached hydrogen (secondary N) is 1. The molecule has 0 aliphatic heterocycles. The number of rotatable bonds is 6. The second kappa shape index (κ2) is 7.93. The molecule has 3 aromatic rings. The molecule has 0 aliphatic rings. The van der Waals surface area contributed by atoms with Gasteiger partial charge in [0.1, 0.15) is 0 Å². The van der Waals surface area contributed by atoms with E-state index >= 15 is 0 Å². The predicted octanol–water partition coefficient (Wildman–Crippen LogP) is 3.33. The summed E-state index contributed by atoms with van der Waals surface area (Å²) in [5.74, 6) is 0.517. The highest BCUT2D eigenvalue weighted by Crippen LogP contribution is 2.21. The summed E-state index contributed by atoms with van der Waals surface area (Å²) in [6, 6.07) is 12.4. The summed E-state index contributed by atoms with van der Waals surface area (Å²) in [6.45, 7) is 3.79. The third-order valence-corrected chi connectivity index (χ3v) is 5.35. The van der Waals surface area contributed by atoms with Gasteiger partial charge in [0.25, 0.3) is 0 Å². The highest BCUT2D eigenvalue weighted by molar-refractivity contribution is 7.90. The summed E-state index contributed by atoms with van der Waals surface area (Å²) in [5, 5.41) is 10.7. The first kappa shape index (κ1) is 19.8. The summed E-state index contributed by atoms with van der Waals surface area (Å²) in [4.78, 5) is 12.4. The van der Waals surface area contributed by atoms with Crippen LogP contribution in [0.1, 0.15) is 23.4 Å². The van der Waals surface area contributed by atoms with Crippen LogP contribution in [0.2, 0.25) is 0 Å². The molecular formula is C20H21N3O4S. The van der Waals surface area contributed by atoms with E-state index in [-0.39, 0.29) is 23.6 Å². The van der Waals surface area contributed by atoms with Gasteiger partial charge in [0.15, 0.2) is 9.84 Å². The topological polar surface area (TPSA) is 102 Å². The Hall–Kier alpha value is -3.00. The molecule has 0 fully saturated rings. The van der Waals surface area contributed by atoms with Crippen molar-refractivity contribution in [3.63, 3.8) is 0 Å². The summed E-state index contributed by atoms with van der Waals surface area (Å²) < 4.78 is 29.0.